The van der Waals surface area contributed by atoms with E-state index in [1.807, 2.05) is 0 Å². The van der Waals surface area contributed by atoms with Crippen LogP contribution in [-0.4, -0.2) is 49.9 Å². The van der Waals surface area contributed by atoms with Gasteiger partial charge in [0.2, 0.25) is 11.8 Å². The number of imide groups is 2. The summed E-state index contributed by atoms with van der Waals surface area (Å²) in [6.07, 6.45) is 1.59. The lowest BCUT2D eigenvalue weighted by Crippen LogP contribution is -2.53. The van der Waals surface area contributed by atoms with Gasteiger partial charge in [0.15, 0.2) is 11.6 Å². The molecule has 4 aromatic carbocycles. The molecule has 268 valence electrons. The highest BCUT2D eigenvalue weighted by Crippen LogP contribution is 2.65. The summed E-state index contributed by atoms with van der Waals surface area (Å²) in [5.74, 6) is -12.5. The molecule has 4 N–H and O–H groups in total. The number of allylic oxidation sites excluding steroid dienone is 2. The van der Waals surface area contributed by atoms with Crippen molar-refractivity contribution in [2.45, 2.75) is 24.2 Å². The second-order valence-electron chi connectivity index (χ2n) is 13.6. The van der Waals surface area contributed by atoms with E-state index in [0.717, 1.165) is 40.2 Å². The Kier molecular flexibility index (Phi) is 7.87. The van der Waals surface area contributed by atoms with Gasteiger partial charge >= 0.3 is 5.97 Å². The van der Waals surface area contributed by atoms with E-state index in [4.69, 9.17) is 11.6 Å². The van der Waals surface area contributed by atoms with Gasteiger partial charge in [0.05, 0.1) is 34.5 Å². The lowest BCUT2D eigenvalue weighted by Gasteiger charge is -2.50. The Morgan fingerprint density at radius 3 is 2.26 bits per heavy atom. The molecular formula is C39H28ClF2N3O8. The van der Waals surface area contributed by atoms with Gasteiger partial charge in [-0.2, -0.15) is 5.01 Å². The van der Waals surface area contributed by atoms with E-state index in [0.29, 0.717) is 16.2 Å². The average molecular weight is 740 g/mol. The number of amides is 4. The van der Waals surface area contributed by atoms with E-state index in [1.165, 1.54) is 30.3 Å². The number of carbonyl (C=O) groups is 5. The van der Waals surface area contributed by atoms with Crippen LogP contribution in [-0.2, 0) is 24.6 Å². The molecule has 0 aromatic heterocycles. The molecule has 4 aromatic rings. The molecule has 2 heterocycles. The van der Waals surface area contributed by atoms with Crippen LogP contribution >= 0.6 is 11.6 Å². The lowest BCUT2D eigenvalue weighted by molar-refractivity contribution is -0.138. The van der Waals surface area contributed by atoms with Crippen LogP contribution in [0.25, 0.3) is 0 Å². The van der Waals surface area contributed by atoms with Crippen LogP contribution in [0.3, 0.4) is 0 Å². The number of halogens is 3. The summed E-state index contributed by atoms with van der Waals surface area (Å²) in [7, 11) is 0. The van der Waals surface area contributed by atoms with Gasteiger partial charge in [-0.25, -0.2) is 18.5 Å². The number of aromatic hydroxyl groups is 2. The number of hydrogen-bond acceptors (Lipinski definition) is 8. The number of anilines is 2. The molecule has 0 radical (unpaired) electrons. The zero-order valence-corrected chi connectivity index (χ0v) is 28.1. The number of nitrogens with zero attached hydrogens (tertiary/aromatic N) is 2. The van der Waals surface area contributed by atoms with Gasteiger partial charge in [-0.05, 0) is 78.9 Å². The molecule has 53 heavy (non-hydrogen) atoms. The number of para-hydroxylation sites is 1. The highest BCUT2D eigenvalue weighted by atomic mass is 35.5. The molecule has 8 rings (SSSR count). The number of carboxylic acids is 1. The molecular weight excluding hydrogens is 712 g/mol. The van der Waals surface area contributed by atoms with Gasteiger partial charge in [-0.1, -0.05) is 47.5 Å². The van der Waals surface area contributed by atoms with Crippen molar-refractivity contribution in [3.8, 4) is 11.5 Å². The minimum Gasteiger partial charge on any atom is -0.507 e. The predicted molar refractivity (Wildman–Crippen MR) is 185 cm³/mol. The molecule has 1 saturated carbocycles. The topological polar surface area (TPSA) is 165 Å². The monoisotopic (exact) mass is 739 g/mol. The summed E-state index contributed by atoms with van der Waals surface area (Å²) in [5.41, 5.74) is 1.45. The number of aromatic carboxylic acids is 1. The Morgan fingerprint density at radius 2 is 1.58 bits per heavy atom. The molecule has 3 fully saturated rings. The molecule has 0 bridgehead atoms. The molecule has 11 nitrogen and oxygen atoms in total. The van der Waals surface area contributed by atoms with Crippen molar-refractivity contribution in [2.75, 3.05) is 10.3 Å². The Morgan fingerprint density at radius 1 is 0.868 bits per heavy atom. The number of hydrogen-bond donors (Lipinski definition) is 4. The first-order chi connectivity index (χ1) is 25.3. The van der Waals surface area contributed by atoms with Crippen LogP contribution in [0, 0.1) is 35.3 Å². The normalized spacial score (nSPS) is 26.2. The molecule has 4 amide bonds. The zero-order chi connectivity index (χ0) is 37.5. The maximum Gasteiger partial charge on any atom is 0.339 e. The Hall–Kier alpha value is -6.08. The van der Waals surface area contributed by atoms with E-state index in [9.17, 15) is 38.9 Å². The van der Waals surface area contributed by atoms with E-state index < -0.39 is 93.3 Å². The maximum absolute atomic E-state index is 15.3. The molecule has 2 aliphatic carbocycles. The van der Waals surface area contributed by atoms with E-state index >= 15 is 9.18 Å². The number of benzene rings is 4. The van der Waals surface area contributed by atoms with Crippen molar-refractivity contribution in [1.29, 1.82) is 0 Å². The van der Waals surface area contributed by atoms with Crippen molar-refractivity contribution >= 4 is 52.6 Å². The fourth-order valence-corrected chi connectivity index (χ4v) is 8.99. The first-order valence-electron chi connectivity index (χ1n) is 16.6. The van der Waals surface area contributed by atoms with Gasteiger partial charge in [-0.15, -0.1) is 0 Å². The SMILES string of the molecule is O=C(O)c1ccc(N2C(=O)[C@H]3[C@H](CC=C4[C@H]3C[C@H]3C(=O)N(Nc5ccc(F)cc5)C(=O)[C@@]3(c3ccc(Cl)cc3)[C@H]4c3cccc(F)c3O)C2=O)cc1O. The van der Waals surface area contributed by atoms with Gasteiger partial charge in [-0.3, -0.25) is 24.6 Å². The van der Waals surface area contributed by atoms with Crippen molar-refractivity contribution in [1.82, 2.24) is 5.01 Å². The standard InChI is InChI=1S/C39H28ClF2N3O8/c40-19-6-4-18(5-7-19)39-28(35(49)45(38(39)53)43-21-10-8-20(41)9-11-21)17-27-23(32(39)26-2-1-3-29(42)33(26)47)14-15-25-31(27)36(50)44(34(25)48)22-12-13-24(37(51)52)30(46)16-22/h1-14,16,25,27-28,31-32,43,46-47H,15,17H2,(H,51,52)/t25-,27+,28-,31-,32+,39+/m0/s1. The predicted octanol–water partition coefficient (Wildman–Crippen LogP) is 5.92. The second-order valence-corrected chi connectivity index (χ2v) is 14.0. The number of nitrogens with one attached hydrogen (secondary N) is 1. The molecule has 14 heteroatoms. The summed E-state index contributed by atoms with van der Waals surface area (Å²) in [4.78, 5) is 70.6. The van der Waals surface area contributed by atoms with Gasteiger partial charge in [0.25, 0.3) is 11.8 Å². The molecule has 2 saturated heterocycles. The van der Waals surface area contributed by atoms with Crippen molar-refractivity contribution in [2.24, 2.45) is 23.7 Å². The molecule has 6 atom stereocenters. The molecule has 0 spiro atoms. The highest BCUT2D eigenvalue weighted by molar-refractivity contribution is 6.30. The van der Waals surface area contributed by atoms with E-state index in [-0.39, 0.29) is 29.8 Å². The first-order valence-corrected chi connectivity index (χ1v) is 17.0. The quantitative estimate of drug-likeness (QED) is 0.139. The fourth-order valence-electron chi connectivity index (χ4n) is 8.86. The highest BCUT2D eigenvalue weighted by Gasteiger charge is 2.70. The molecule has 2 aliphatic heterocycles. The van der Waals surface area contributed by atoms with Crippen molar-refractivity contribution in [3.63, 3.8) is 0 Å². The van der Waals surface area contributed by atoms with Crippen molar-refractivity contribution < 1.29 is 48.1 Å². The number of fused-ring (bicyclic) bond motifs is 4. The lowest BCUT2D eigenvalue weighted by atomic mass is 9.49. The number of hydrazine groups is 1. The number of carboxylic acid groups (broad SMARTS) is 1. The second kappa shape index (κ2) is 12.3. The van der Waals surface area contributed by atoms with Crippen LogP contribution in [0.15, 0.2) is 96.6 Å². The third kappa shape index (κ3) is 4.94. The third-order valence-electron chi connectivity index (χ3n) is 11.1. The third-order valence-corrected chi connectivity index (χ3v) is 11.3. The van der Waals surface area contributed by atoms with E-state index in [2.05, 4.69) is 5.43 Å². The fraction of sp³-hybridized carbons (Fsp3) is 0.205. The number of carbonyl (C=O) groups excluding carboxylic acids is 4. The molecule has 4 aliphatic rings. The smallest absolute Gasteiger partial charge is 0.339 e. The summed E-state index contributed by atoms with van der Waals surface area (Å²) in [6.45, 7) is 0. The Bertz CT molecular complexity index is 2300. The largest absolute Gasteiger partial charge is 0.507 e. The average Bonchev–Trinajstić information content (AvgIpc) is 3.51. The number of rotatable bonds is 6. The number of phenols is 2. The minimum absolute atomic E-state index is 0.00435. The van der Waals surface area contributed by atoms with Crippen LogP contribution in [0.1, 0.15) is 40.2 Å². The van der Waals surface area contributed by atoms with Crippen LogP contribution in [0.4, 0.5) is 20.2 Å². The van der Waals surface area contributed by atoms with Crippen molar-refractivity contribution in [3.05, 3.63) is 130 Å². The van der Waals surface area contributed by atoms with Crippen LogP contribution < -0.4 is 10.3 Å². The Balaban J connectivity index is 1.31. The van der Waals surface area contributed by atoms with Gasteiger partial charge < -0.3 is 15.3 Å². The van der Waals surface area contributed by atoms with Crippen LogP contribution in [0.2, 0.25) is 5.02 Å². The van der Waals surface area contributed by atoms with Crippen LogP contribution in [0.5, 0.6) is 11.5 Å². The summed E-state index contributed by atoms with van der Waals surface area (Å²) in [5, 5.41) is 32.3. The zero-order valence-electron chi connectivity index (χ0n) is 27.4. The summed E-state index contributed by atoms with van der Waals surface area (Å²) < 4.78 is 29.1. The van der Waals surface area contributed by atoms with Gasteiger partial charge in [0, 0.05) is 22.6 Å². The summed E-state index contributed by atoms with van der Waals surface area (Å²) in [6, 6.07) is 18.4. The Labute approximate surface area is 304 Å². The molecule has 0 unspecified atom stereocenters. The minimum atomic E-state index is -1.83. The number of phenolic OH excluding ortho intramolecular Hbond substituents is 1. The van der Waals surface area contributed by atoms with E-state index in [1.54, 1.807) is 30.3 Å². The summed E-state index contributed by atoms with van der Waals surface area (Å²) >= 11 is 6.28. The first kappa shape index (κ1) is 34.0. The van der Waals surface area contributed by atoms with Gasteiger partial charge in [0.1, 0.15) is 17.1 Å². The maximum atomic E-state index is 15.3.